The molecule has 0 unspecified atom stereocenters. The highest BCUT2D eigenvalue weighted by atomic mass is 19.1. The molecule has 0 saturated heterocycles. The Bertz CT molecular complexity index is 798. The molecule has 2 aromatic carbocycles. The first-order valence-corrected chi connectivity index (χ1v) is 5.99. The van der Waals surface area contributed by atoms with Gasteiger partial charge >= 0.3 is 0 Å². The van der Waals surface area contributed by atoms with Crippen LogP contribution in [-0.2, 0) is 0 Å². The van der Waals surface area contributed by atoms with Gasteiger partial charge in [0.25, 0.3) is 0 Å². The van der Waals surface area contributed by atoms with E-state index in [1.807, 2.05) is 0 Å². The quantitative estimate of drug-likeness (QED) is 0.779. The Morgan fingerprint density at radius 1 is 1.15 bits per heavy atom. The van der Waals surface area contributed by atoms with Gasteiger partial charge in [-0.3, -0.25) is 0 Å². The van der Waals surface area contributed by atoms with E-state index in [2.05, 4.69) is 10.2 Å². The van der Waals surface area contributed by atoms with Crippen LogP contribution in [0, 0.1) is 12.7 Å². The van der Waals surface area contributed by atoms with Crippen LogP contribution in [-0.4, -0.2) is 27.2 Å². The molecule has 0 atom stereocenters. The second-order valence-corrected chi connectivity index (χ2v) is 4.43. The molecule has 1 N–H and O–H groups in total. The molecule has 0 spiro atoms. The fraction of sp³-hybridized carbons (Fsp3) is 0.143. The Morgan fingerprint density at radius 3 is 2.65 bits per heavy atom. The largest absolute Gasteiger partial charge is 0.505 e. The van der Waals surface area contributed by atoms with E-state index in [4.69, 9.17) is 4.74 Å². The molecule has 102 valence electrons. The first-order valence-electron chi connectivity index (χ1n) is 5.99. The van der Waals surface area contributed by atoms with E-state index in [1.165, 1.54) is 30.1 Å². The molecule has 0 aliphatic heterocycles. The van der Waals surface area contributed by atoms with Crippen molar-refractivity contribution in [3.05, 3.63) is 41.7 Å². The summed E-state index contributed by atoms with van der Waals surface area (Å²) in [5, 5.41) is 18.5. The Labute approximate surface area is 114 Å². The van der Waals surface area contributed by atoms with Gasteiger partial charge < -0.3 is 9.84 Å². The van der Waals surface area contributed by atoms with Gasteiger partial charge in [-0.05, 0) is 30.7 Å². The molecular weight excluding hydrogens is 261 g/mol. The van der Waals surface area contributed by atoms with Gasteiger partial charge in [0, 0.05) is 12.1 Å². The second-order valence-electron chi connectivity index (χ2n) is 4.43. The highest BCUT2D eigenvalue weighted by Gasteiger charge is 2.13. The van der Waals surface area contributed by atoms with Gasteiger partial charge in [0.2, 0.25) is 0 Å². The van der Waals surface area contributed by atoms with Crippen LogP contribution in [0.1, 0.15) is 5.56 Å². The maximum atomic E-state index is 13.2. The topological polar surface area (TPSA) is 60.2 Å². The number of methoxy groups -OCH3 is 1. The summed E-state index contributed by atoms with van der Waals surface area (Å²) in [6.07, 6.45) is 0. The second kappa shape index (κ2) is 4.48. The van der Waals surface area contributed by atoms with Crippen LogP contribution in [0.15, 0.2) is 30.3 Å². The van der Waals surface area contributed by atoms with Crippen molar-refractivity contribution in [2.75, 3.05) is 7.11 Å². The number of rotatable bonds is 2. The number of aryl methyl sites for hydroxylation is 1. The number of fused-ring (bicyclic) bond motifs is 1. The minimum atomic E-state index is -0.379. The van der Waals surface area contributed by atoms with E-state index < -0.39 is 0 Å². The number of ether oxygens (including phenoxy) is 1. The van der Waals surface area contributed by atoms with Gasteiger partial charge in [-0.15, -0.1) is 15.0 Å². The molecule has 0 aliphatic carbocycles. The van der Waals surface area contributed by atoms with Gasteiger partial charge in [0.05, 0.1) is 7.11 Å². The lowest BCUT2D eigenvalue weighted by molar-refractivity contribution is 0.410. The van der Waals surface area contributed by atoms with Crippen molar-refractivity contribution in [3.8, 4) is 17.2 Å². The molecule has 0 radical (unpaired) electrons. The Balaban J connectivity index is 2.22. The third-order valence-electron chi connectivity index (χ3n) is 3.05. The highest BCUT2D eigenvalue weighted by molar-refractivity contribution is 5.74. The molecule has 0 saturated carbocycles. The smallest absolute Gasteiger partial charge is 0.146 e. The molecule has 0 amide bonds. The lowest BCUT2D eigenvalue weighted by atomic mass is 10.2. The summed E-state index contributed by atoms with van der Waals surface area (Å²) in [6.45, 7) is 1.75. The number of phenolic OH excluding ortho intramolecular Hbond substituents is 1. The van der Waals surface area contributed by atoms with Crippen LogP contribution in [0.5, 0.6) is 11.5 Å². The number of nitrogens with zero attached hydrogens (tertiary/aromatic N) is 3. The summed E-state index contributed by atoms with van der Waals surface area (Å²) in [6, 6.07) is 7.48. The molecule has 0 aliphatic rings. The Morgan fingerprint density at radius 2 is 1.90 bits per heavy atom. The van der Waals surface area contributed by atoms with Crippen LogP contribution in [0.3, 0.4) is 0 Å². The SMILES string of the molecule is COc1cc(C)c(O)c(-n2nc3ccc(F)cc3n2)c1. The third-order valence-corrected chi connectivity index (χ3v) is 3.05. The summed E-state index contributed by atoms with van der Waals surface area (Å²) in [5.41, 5.74) is 2.00. The lowest BCUT2D eigenvalue weighted by Gasteiger charge is -2.08. The van der Waals surface area contributed by atoms with Crippen molar-refractivity contribution in [1.29, 1.82) is 0 Å². The maximum absolute atomic E-state index is 13.2. The molecule has 0 bridgehead atoms. The summed E-state index contributed by atoms with van der Waals surface area (Å²) in [4.78, 5) is 1.27. The van der Waals surface area contributed by atoms with Gasteiger partial charge in [-0.1, -0.05) is 0 Å². The van der Waals surface area contributed by atoms with Crippen molar-refractivity contribution in [3.63, 3.8) is 0 Å². The van der Waals surface area contributed by atoms with Crippen molar-refractivity contribution < 1.29 is 14.2 Å². The number of aromatic nitrogens is 3. The molecule has 6 heteroatoms. The first kappa shape index (κ1) is 12.4. The average molecular weight is 273 g/mol. The summed E-state index contributed by atoms with van der Waals surface area (Å²) >= 11 is 0. The van der Waals surface area contributed by atoms with E-state index in [9.17, 15) is 9.50 Å². The fourth-order valence-electron chi connectivity index (χ4n) is 1.99. The molecular formula is C14H12FN3O2. The van der Waals surface area contributed by atoms with E-state index >= 15 is 0 Å². The van der Waals surface area contributed by atoms with Gasteiger partial charge in [-0.2, -0.15) is 0 Å². The Hall–Kier alpha value is -2.63. The molecule has 5 nitrogen and oxygen atoms in total. The predicted octanol–water partition coefficient (Wildman–Crippen LogP) is 2.58. The molecule has 0 fully saturated rings. The van der Waals surface area contributed by atoms with Crippen LogP contribution in [0.2, 0.25) is 0 Å². The van der Waals surface area contributed by atoms with Crippen molar-refractivity contribution in [2.45, 2.75) is 6.92 Å². The standard InChI is InChI=1S/C14H12FN3O2/c1-8-5-10(20-2)7-13(14(8)19)18-16-11-4-3-9(15)6-12(11)17-18/h3-7,19H,1-2H3. The molecule has 20 heavy (non-hydrogen) atoms. The first-order chi connectivity index (χ1) is 9.58. The van der Waals surface area contributed by atoms with Gasteiger partial charge in [0.15, 0.2) is 0 Å². The van der Waals surface area contributed by atoms with E-state index in [-0.39, 0.29) is 11.6 Å². The molecule has 1 aromatic heterocycles. The summed E-state index contributed by atoms with van der Waals surface area (Å²) in [7, 11) is 1.54. The lowest BCUT2D eigenvalue weighted by Crippen LogP contribution is -2.00. The predicted molar refractivity (Wildman–Crippen MR) is 71.8 cm³/mol. The molecule has 3 rings (SSSR count). The van der Waals surface area contributed by atoms with E-state index in [0.717, 1.165) is 0 Å². The molecule has 3 aromatic rings. The van der Waals surface area contributed by atoms with Crippen LogP contribution in [0.25, 0.3) is 16.7 Å². The highest BCUT2D eigenvalue weighted by Crippen LogP contribution is 2.30. The van der Waals surface area contributed by atoms with E-state index in [1.54, 1.807) is 19.1 Å². The molecule has 1 heterocycles. The summed E-state index contributed by atoms with van der Waals surface area (Å²) in [5.74, 6) is 0.269. The number of phenols is 1. The third kappa shape index (κ3) is 1.95. The zero-order valence-corrected chi connectivity index (χ0v) is 11.0. The van der Waals surface area contributed by atoms with Crippen molar-refractivity contribution in [1.82, 2.24) is 15.0 Å². The monoisotopic (exact) mass is 273 g/mol. The zero-order chi connectivity index (χ0) is 14.3. The number of hydrogen-bond donors (Lipinski definition) is 1. The van der Waals surface area contributed by atoms with Crippen LogP contribution in [0.4, 0.5) is 4.39 Å². The number of halogens is 1. The Kier molecular flexibility index (Phi) is 2.78. The van der Waals surface area contributed by atoms with Gasteiger partial charge in [0.1, 0.15) is 34.0 Å². The number of hydrogen-bond acceptors (Lipinski definition) is 4. The average Bonchev–Trinajstić information content (AvgIpc) is 2.84. The van der Waals surface area contributed by atoms with Gasteiger partial charge in [-0.25, -0.2) is 4.39 Å². The minimum Gasteiger partial charge on any atom is -0.505 e. The normalized spacial score (nSPS) is 10.9. The zero-order valence-electron chi connectivity index (χ0n) is 11.0. The number of benzene rings is 2. The van der Waals surface area contributed by atoms with Crippen molar-refractivity contribution >= 4 is 11.0 Å². The van der Waals surface area contributed by atoms with Crippen molar-refractivity contribution in [2.24, 2.45) is 0 Å². The van der Waals surface area contributed by atoms with Crippen LogP contribution < -0.4 is 4.74 Å². The van der Waals surface area contributed by atoms with E-state index in [0.29, 0.717) is 28.0 Å². The van der Waals surface area contributed by atoms with Crippen LogP contribution >= 0.6 is 0 Å². The summed E-state index contributed by atoms with van der Waals surface area (Å²) < 4.78 is 18.3. The maximum Gasteiger partial charge on any atom is 0.146 e. The fourth-order valence-corrected chi connectivity index (χ4v) is 1.99. The number of aromatic hydroxyl groups is 1. The minimum absolute atomic E-state index is 0.0616.